The van der Waals surface area contributed by atoms with Crippen molar-refractivity contribution in [2.45, 2.75) is 75.3 Å². The van der Waals surface area contributed by atoms with Gasteiger partial charge in [-0.25, -0.2) is 4.39 Å². The second kappa shape index (κ2) is 10.6. The highest BCUT2D eigenvalue weighted by Crippen LogP contribution is 2.32. The number of piperidine rings is 1. The van der Waals surface area contributed by atoms with Crippen LogP contribution in [-0.2, 0) is 4.79 Å². The van der Waals surface area contributed by atoms with E-state index in [-0.39, 0.29) is 23.3 Å². The van der Waals surface area contributed by atoms with E-state index in [0.29, 0.717) is 18.3 Å². The van der Waals surface area contributed by atoms with Crippen LogP contribution in [0.3, 0.4) is 0 Å². The van der Waals surface area contributed by atoms with Crippen LogP contribution in [0.15, 0.2) is 35.4 Å². The number of carbonyl (C=O) groups excluding carboxylic acids is 1. The van der Waals surface area contributed by atoms with Gasteiger partial charge in [0.1, 0.15) is 0 Å². The smallest absolute Gasteiger partial charge is 0.241 e. The number of halogens is 1. The van der Waals surface area contributed by atoms with E-state index in [4.69, 9.17) is 4.74 Å². The van der Waals surface area contributed by atoms with Gasteiger partial charge in [0, 0.05) is 16.1 Å². The van der Waals surface area contributed by atoms with Crippen molar-refractivity contribution in [1.29, 1.82) is 0 Å². The molecule has 1 aromatic rings. The maximum atomic E-state index is 13.9. The summed E-state index contributed by atoms with van der Waals surface area (Å²) in [7, 11) is 0. The molecule has 7 heteroatoms. The molecule has 2 fully saturated rings. The van der Waals surface area contributed by atoms with Gasteiger partial charge in [0.25, 0.3) is 0 Å². The van der Waals surface area contributed by atoms with Crippen LogP contribution in [0.2, 0.25) is 0 Å². The maximum absolute atomic E-state index is 13.9. The average Bonchev–Trinajstić information content (AvgIpc) is 3.52. The molecule has 1 heterocycles. The van der Waals surface area contributed by atoms with Crippen molar-refractivity contribution in [2.75, 3.05) is 13.2 Å². The van der Waals surface area contributed by atoms with Crippen molar-refractivity contribution < 1.29 is 13.9 Å². The number of allylic oxidation sites excluding steroid dienone is 1. The fourth-order valence-corrected chi connectivity index (χ4v) is 4.13. The molecular formula is C23H34FN3O2S. The Balaban J connectivity index is 1.34. The van der Waals surface area contributed by atoms with E-state index in [1.54, 1.807) is 12.1 Å². The second-order valence-electron chi connectivity index (χ2n) is 9.03. The van der Waals surface area contributed by atoms with E-state index >= 15 is 0 Å². The molecule has 166 valence electrons. The minimum absolute atomic E-state index is 0.0319. The van der Waals surface area contributed by atoms with Crippen molar-refractivity contribution in [3.8, 4) is 5.75 Å². The molecule has 1 unspecified atom stereocenters. The van der Waals surface area contributed by atoms with Crippen LogP contribution in [0.1, 0.15) is 58.8 Å². The molecule has 2 aliphatic rings. The molecule has 0 aromatic heterocycles. The van der Waals surface area contributed by atoms with Gasteiger partial charge in [-0.1, -0.05) is 13.0 Å². The van der Waals surface area contributed by atoms with Crippen LogP contribution in [0, 0.1) is 11.7 Å². The number of ether oxygens (including phenoxy) is 1. The summed E-state index contributed by atoms with van der Waals surface area (Å²) in [6.45, 7) is 9.58. The van der Waals surface area contributed by atoms with Crippen molar-refractivity contribution in [3.05, 3.63) is 36.3 Å². The molecule has 1 saturated heterocycles. The van der Waals surface area contributed by atoms with Gasteiger partial charge < -0.3 is 15.4 Å². The molecule has 30 heavy (non-hydrogen) atoms. The Kier molecular flexibility index (Phi) is 8.20. The highest BCUT2D eigenvalue weighted by Gasteiger charge is 2.24. The first kappa shape index (κ1) is 23.1. The molecular weight excluding hydrogens is 401 g/mol. The second-order valence-corrected chi connectivity index (χ2v) is 9.91. The standard InChI is InChI=1S/C23H34FN3O2S/c1-16-6-11-20(22(28)26-16)25-13-5-4-12-23(2,3)27-30-18-9-10-19(24)21(14-18)29-15-17-7-8-17/h9-10,14,17,20,25,27H,1,4-8,11-13,15H2,2-3H3,(H,26,28). The highest BCUT2D eigenvalue weighted by molar-refractivity contribution is 7.97. The first-order valence-electron chi connectivity index (χ1n) is 10.9. The Hall–Kier alpha value is -1.57. The summed E-state index contributed by atoms with van der Waals surface area (Å²) in [5, 5.41) is 6.15. The van der Waals surface area contributed by atoms with Gasteiger partial charge in [-0.15, -0.1) is 0 Å². The van der Waals surface area contributed by atoms with Crippen LogP contribution >= 0.6 is 11.9 Å². The number of unbranched alkanes of at least 4 members (excludes halogenated alkanes) is 1. The summed E-state index contributed by atoms with van der Waals surface area (Å²) in [4.78, 5) is 12.8. The predicted molar refractivity (Wildman–Crippen MR) is 120 cm³/mol. The summed E-state index contributed by atoms with van der Waals surface area (Å²) in [5.41, 5.74) is 0.750. The normalized spacial score (nSPS) is 19.6. The molecule has 1 aliphatic heterocycles. The van der Waals surface area contributed by atoms with Gasteiger partial charge in [0.2, 0.25) is 5.91 Å². The molecule has 3 rings (SSSR count). The lowest BCUT2D eigenvalue weighted by Gasteiger charge is -2.26. The summed E-state index contributed by atoms with van der Waals surface area (Å²) in [6.07, 6.45) is 7.09. The van der Waals surface area contributed by atoms with Gasteiger partial charge >= 0.3 is 0 Å². The Bertz CT molecular complexity index is 752. The summed E-state index contributed by atoms with van der Waals surface area (Å²) in [5.74, 6) is 0.666. The molecule has 1 saturated carbocycles. The Labute approximate surface area is 183 Å². The van der Waals surface area contributed by atoms with Crippen LogP contribution in [0.4, 0.5) is 4.39 Å². The Morgan fingerprint density at radius 2 is 2.10 bits per heavy atom. The topological polar surface area (TPSA) is 62.4 Å². The van der Waals surface area contributed by atoms with E-state index in [1.807, 2.05) is 0 Å². The van der Waals surface area contributed by atoms with E-state index in [1.165, 1.54) is 30.9 Å². The largest absolute Gasteiger partial charge is 0.490 e. The fraction of sp³-hybridized carbons (Fsp3) is 0.609. The Morgan fingerprint density at radius 1 is 1.30 bits per heavy atom. The van der Waals surface area contributed by atoms with Gasteiger partial charge in [-0.05, 0) is 95.0 Å². The number of carbonyl (C=O) groups is 1. The molecule has 0 radical (unpaired) electrons. The average molecular weight is 436 g/mol. The minimum Gasteiger partial charge on any atom is -0.490 e. The predicted octanol–water partition coefficient (Wildman–Crippen LogP) is 4.54. The lowest BCUT2D eigenvalue weighted by molar-refractivity contribution is -0.123. The van der Waals surface area contributed by atoms with Crippen molar-refractivity contribution >= 4 is 17.9 Å². The summed E-state index contributed by atoms with van der Waals surface area (Å²) in [6, 6.07) is 4.92. The molecule has 0 spiro atoms. The quantitative estimate of drug-likeness (QED) is 0.332. The van der Waals surface area contributed by atoms with Gasteiger partial charge in [0.05, 0.1) is 12.6 Å². The van der Waals surface area contributed by atoms with Crippen molar-refractivity contribution in [3.63, 3.8) is 0 Å². The zero-order valence-corrected chi connectivity index (χ0v) is 18.9. The van der Waals surface area contributed by atoms with Gasteiger partial charge in [0.15, 0.2) is 11.6 Å². The number of benzene rings is 1. The van der Waals surface area contributed by atoms with Crippen LogP contribution in [-0.4, -0.2) is 30.6 Å². The van der Waals surface area contributed by atoms with E-state index in [0.717, 1.165) is 49.2 Å². The third kappa shape index (κ3) is 7.60. The lowest BCUT2D eigenvalue weighted by Crippen LogP contribution is -2.47. The summed E-state index contributed by atoms with van der Waals surface area (Å²) >= 11 is 1.51. The zero-order valence-electron chi connectivity index (χ0n) is 18.1. The lowest BCUT2D eigenvalue weighted by atomic mass is 9.98. The molecule has 1 aromatic carbocycles. The molecule has 0 bridgehead atoms. The van der Waals surface area contributed by atoms with E-state index in [9.17, 15) is 9.18 Å². The molecule has 1 amide bonds. The van der Waals surface area contributed by atoms with Crippen LogP contribution in [0.5, 0.6) is 5.75 Å². The van der Waals surface area contributed by atoms with Gasteiger partial charge in [-0.3, -0.25) is 9.52 Å². The minimum atomic E-state index is -0.303. The van der Waals surface area contributed by atoms with E-state index in [2.05, 4.69) is 35.8 Å². The number of nitrogens with one attached hydrogen (secondary N) is 3. The highest BCUT2D eigenvalue weighted by atomic mass is 32.2. The maximum Gasteiger partial charge on any atom is 0.241 e. The number of hydrogen-bond acceptors (Lipinski definition) is 5. The van der Waals surface area contributed by atoms with Crippen LogP contribution in [0.25, 0.3) is 0 Å². The first-order valence-corrected chi connectivity index (χ1v) is 11.7. The number of rotatable bonds is 12. The molecule has 5 nitrogen and oxygen atoms in total. The van der Waals surface area contributed by atoms with Crippen molar-refractivity contribution in [1.82, 2.24) is 15.4 Å². The first-order chi connectivity index (χ1) is 14.3. The summed E-state index contributed by atoms with van der Waals surface area (Å²) < 4.78 is 23.1. The van der Waals surface area contributed by atoms with Crippen molar-refractivity contribution in [2.24, 2.45) is 5.92 Å². The third-order valence-corrected chi connectivity index (χ3v) is 6.63. The number of amides is 1. The third-order valence-electron chi connectivity index (χ3n) is 5.49. The Morgan fingerprint density at radius 3 is 2.83 bits per heavy atom. The fourth-order valence-electron chi connectivity index (χ4n) is 3.33. The van der Waals surface area contributed by atoms with Crippen LogP contribution < -0.4 is 20.1 Å². The monoisotopic (exact) mass is 435 g/mol. The zero-order chi connectivity index (χ0) is 21.6. The SMILES string of the molecule is C=C1CCC(NCCCCC(C)(C)NSc2ccc(F)c(OCC3CC3)c2)C(=O)N1. The van der Waals surface area contributed by atoms with E-state index < -0.39 is 0 Å². The molecule has 1 atom stereocenters. The molecule has 1 aliphatic carbocycles. The molecule has 3 N–H and O–H groups in total. The number of hydrogen-bond donors (Lipinski definition) is 3. The van der Waals surface area contributed by atoms with Gasteiger partial charge in [-0.2, -0.15) is 0 Å².